The molecule has 4 aromatic heterocycles. The van der Waals surface area contributed by atoms with Crippen LogP contribution in [0.15, 0.2) is 94.4 Å². The molecule has 15 rings (SSSR count). The van der Waals surface area contributed by atoms with Crippen molar-refractivity contribution < 1.29 is 38.1 Å². The third-order valence-corrected chi connectivity index (χ3v) is 21.9. The predicted octanol–water partition coefficient (Wildman–Crippen LogP) is 13.5. The van der Waals surface area contributed by atoms with Crippen LogP contribution in [0.1, 0.15) is 182 Å². The summed E-state index contributed by atoms with van der Waals surface area (Å²) >= 11 is 0. The standard InChI is InChI=1S/C69H84N6O8/c1-5-62-72-56(40-82-62)48-18-32-70-60(37-48)74(64(78)46-6-12-53(76)13-7-46)42-67-23-29-69(30-24-67,31-25-67)52-11-17-59(45(3)35-52)81-39-50-36-55(50)63-73-57(41-83-63)49-19-33-71-61(38-49)75(65(79)47-8-14-54(77)15-9-47)43-66-20-26-68(27-21-66,28-22-66)51-10-16-58(80-4)44(2)34-51/h10-11,16-19,32-35,37-38,40-41,46-47,50,53-55,76-77H,5-9,12-15,20-31,36,39,42-43H2,1-4H3. The molecule has 2 atom stereocenters. The molecule has 0 spiro atoms. The SMILES string of the molecule is CCc1nc(-c2ccnc(N(CC34CCC(c5ccc(OCC6CC6c6nc(-c7ccnc(N(CC89CCC(c%10ccc(OC)c(C)c%10)(CC8)CC9)C(=O)C8CCC(O)CC8)c7)co6)c(C)c5)(CC3)CC4)C(=O)C3CCC(O)CC3)c2)co1. The molecule has 0 radical (unpaired) electrons. The highest BCUT2D eigenvalue weighted by atomic mass is 16.5. The van der Waals surface area contributed by atoms with E-state index in [4.69, 9.17) is 33.3 Å². The highest BCUT2D eigenvalue weighted by molar-refractivity contribution is 5.95. The van der Waals surface area contributed by atoms with Crippen molar-refractivity contribution in [2.45, 2.75) is 191 Å². The topological polar surface area (TPSA) is 177 Å². The van der Waals surface area contributed by atoms with Crippen LogP contribution in [0.25, 0.3) is 22.5 Å². The van der Waals surface area contributed by atoms with E-state index in [0.717, 1.165) is 129 Å². The molecular weight excluding hydrogens is 1040 g/mol. The summed E-state index contributed by atoms with van der Waals surface area (Å²) in [6.45, 7) is 8.21. The summed E-state index contributed by atoms with van der Waals surface area (Å²) in [4.78, 5) is 52.8. The Morgan fingerprint density at radius 2 is 1.07 bits per heavy atom. The Labute approximate surface area is 489 Å². The first-order chi connectivity index (χ1) is 40.2. The van der Waals surface area contributed by atoms with Gasteiger partial charge in [0.1, 0.15) is 47.0 Å². The highest BCUT2D eigenvalue weighted by Crippen LogP contribution is 2.60. The fourth-order valence-corrected chi connectivity index (χ4v) is 16.1. The minimum Gasteiger partial charge on any atom is -0.496 e. The van der Waals surface area contributed by atoms with Gasteiger partial charge in [-0.05, 0) is 229 Å². The summed E-state index contributed by atoms with van der Waals surface area (Å²) in [7, 11) is 1.74. The van der Waals surface area contributed by atoms with Crippen molar-refractivity contribution in [3.63, 3.8) is 0 Å². The number of carbonyl (C=O) groups excluding carboxylic acids is 2. The number of nitrogens with zero attached hydrogens (tertiary/aromatic N) is 6. The number of aryl methyl sites for hydroxylation is 3. The third-order valence-electron chi connectivity index (χ3n) is 21.9. The normalized spacial score (nSPS) is 30.0. The maximum Gasteiger partial charge on any atom is 0.231 e. The van der Waals surface area contributed by atoms with Crippen LogP contribution in [0.2, 0.25) is 0 Å². The molecule has 0 saturated heterocycles. The molecule has 9 saturated carbocycles. The predicted molar refractivity (Wildman–Crippen MR) is 318 cm³/mol. The highest BCUT2D eigenvalue weighted by Gasteiger charge is 2.53. The Kier molecular flexibility index (Phi) is 15.2. The van der Waals surface area contributed by atoms with Crippen LogP contribution in [-0.4, -0.2) is 81.0 Å². The van der Waals surface area contributed by atoms with Crippen molar-refractivity contribution in [2.75, 3.05) is 36.6 Å². The van der Waals surface area contributed by atoms with Crippen LogP contribution in [0.5, 0.6) is 11.5 Å². The lowest BCUT2D eigenvalue weighted by molar-refractivity contribution is -0.125. The first-order valence-corrected chi connectivity index (χ1v) is 31.4. The summed E-state index contributed by atoms with van der Waals surface area (Å²) in [5, 5.41) is 20.7. The second-order valence-electron chi connectivity index (χ2n) is 26.9. The van der Waals surface area contributed by atoms with E-state index in [0.29, 0.717) is 101 Å². The number of carbonyl (C=O) groups is 2. The van der Waals surface area contributed by atoms with E-state index in [1.807, 2.05) is 47.2 Å². The van der Waals surface area contributed by atoms with Crippen LogP contribution in [-0.2, 0) is 26.8 Å². The number of aliphatic hydroxyl groups excluding tert-OH is 2. The van der Waals surface area contributed by atoms with Crippen molar-refractivity contribution in [3.8, 4) is 34.0 Å². The van der Waals surface area contributed by atoms with E-state index in [-0.39, 0.29) is 63.4 Å². The van der Waals surface area contributed by atoms with Gasteiger partial charge in [-0.3, -0.25) is 19.4 Å². The number of fused-ring (bicyclic) bond motifs is 6. The van der Waals surface area contributed by atoms with Gasteiger partial charge in [-0.1, -0.05) is 31.2 Å². The molecule has 2 amide bonds. The van der Waals surface area contributed by atoms with Gasteiger partial charge in [-0.2, -0.15) is 0 Å². The lowest BCUT2D eigenvalue weighted by Crippen LogP contribution is -2.52. The van der Waals surface area contributed by atoms with Gasteiger partial charge in [-0.25, -0.2) is 19.9 Å². The van der Waals surface area contributed by atoms with E-state index < -0.39 is 0 Å². The van der Waals surface area contributed by atoms with Gasteiger partial charge < -0.3 is 28.5 Å². The van der Waals surface area contributed by atoms with Gasteiger partial charge in [0.15, 0.2) is 11.8 Å². The van der Waals surface area contributed by atoms with E-state index in [9.17, 15) is 19.8 Å². The molecule has 9 aliphatic carbocycles. The maximum atomic E-state index is 14.7. The lowest BCUT2D eigenvalue weighted by Gasteiger charge is -2.55. The van der Waals surface area contributed by atoms with Crippen molar-refractivity contribution in [1.82, 2.24) is 19.9 Å². The van der Waals surface area contributed by atoms with Gasteiger partial charge >= 0.3 is 0 Å². The second kappa shape index (κ2) is 22.6. The lowest BCUT2D eigenvalue weighted by atomic mass is 9.51. The van der Waals surface area contributed by atoms with E-state index in [1.165, 1.54) is 16.7 Å². The van der Waals surface area contributed by atoms with Crippen LogP contribution in [0.4, 0.5) is 11.6 Å². The zero-order chi connectivity index (χ0) is 57.1. The Morgan fingerprint density at radius 1 is 0.602 bits per heavy atom. The fraction of sp³-hybridized carbons (Fsp3) is 0.565. The Hall–Kier alpha value is -6.38. The quantitative estimate of drug-likeness (QED) is 0.0834. The number of hydrogen-bond donors (Lipinski definition) is 2. The molecule has 14 nitrogen and oxygen atoms in total. The summed E-state index contributed by atoms with van der Waals surface area (Å²) in [5.74, 6) is 5.06. The molecule has 438 valence electrons. The Morgan fingerprint density at radius 3 is 1.53 bits per heavy atom. The van der Waals surface area contributed by atoms with Crippen LogP contribution >= 0.6 is 0 Å². The third kappa shape index (κ3) is 11.0. The second-order valence-corrected chi connectivity index (χ2v) is 26.9. The zero-order valence-electron chi connectivity index (χ0n) is 49.3. The Balaban J connectivity index is 0.642. The van der Waals surface area contributed by atoms with Gasteiger partial charge in [0, 0.05) is 66.7 Å². The maximum absolute atomic E-state index is 14.7. The van der Waals surface area contributed by atoms with Crippen LogP contribution < -0.4 is 19.3 Å². The Bertz CT molecular complexity index is 3280. The monoisotopic (exact) mass is 1120 g/mol. The zero-order valence-corrected chi connectivity index (χ0v) is 49.3. The molecule has 9 aliphatic rings. The number of amides is 2. The smallest absolute Gasteiger partial charge is 0.231 e. The van der Waals surface area contributed by atoms with Gasteiger partial charge in [0.2, 0.25) is 11.8 Å². The van der Waals surface area contributed by atoms with Crippen LogP contribution in [0.3, 0.4) is 0 Å². The number of anilines is 2. The van der Waals surface area contributed by atoms with Gasteiger partial charge in [0.25, 0.3) is 0 Å². The molecule has 14 heteroatoms. The van der Waals surface area contributed by atoms with E-state index >= 15 is 0 Å². The van der Waals surface area contributed by atoms with Crippen molar-refractivity contribution >= 4 is 23.5 Å². The van der Waals surface area contributed by atoms with Crippen molar-refractivity contribution in [2.24, 2.45) is 28.6 Å². The largest absolute Gasteiger partial charge is 0.496 e. The minimum atomic E-state index is -0.336. The molecule has 2 unspecified atom stereocenters. The van der Waals surface area contributed by atoms with E-state index in [1.54, 1.807) is 25.8 Å². The van der Waals surface area contributed by atoms with Gasteiger partial charge in [0.05, 0.1) is 25.9 Å². The molecule has 2 N–H and O–H groups in total. The molecule has 2 aromatic carbocycles. The average Bonchev–Trinajstić information content (AvgIpc) is 2.32. The summed E-state index contributed by atoms with van der Waals surface area (Å²) < 4.78 is 24.1. The first kappa shape index (κ1) is 55.8. The molecule has 4 bridgehead atoms. The van der Waals surface area contributed by atoms with Gasteiger partial charge in [-0.15, -0.1) is 0 Å². The van der Waals surface area contributed by atoms with E-state index in [2.05, 4.69) is 55.2 Å². The summed E-state index contributed by atoms with van der Waals surface area (Å²) in [6.07, 6.45) is 26.3. The minimum absolute atomic E-state index is 0.0109. The number of methoxy groups -OCH3 is 1. The molecule has 83 heavy (non-hydrogen) atoms. The number of rotatable bonds is 18. The number of aliphatic hydroxyl groups is 2. The average molecular weight is 1130 g/mol. The first-order valence-electron chi connectivity index (χ1n) is 31.4. The molecule has 9 fully saturated rings. The molecular formula is C69H84N6O8. The summed E-state index contributed by atoms with van der Waals surface area (Å²) in [6, 6.07) is 21.5. The number of aromatic nitrogens is 4. The summed E-state index contributed by atoms with van der Waals surface area (Å²) in [5.41, 5.74) is 8.72. The van der Waals surface area contributed by atoms with Crippen LogP contribution in [0, 0.1) is 42.4 Å². The number of oxazole rings is 2. The molecule has 4 heterocycles. The fourth-order valence-electron chi connectivity index (χ4n) is 16.1. The number of benzene rings is 2. The molecule has 6 aromatic rings. The number of ether oxygens (including phenoxy) is 2. The van der Waals surface area contributed by atoms with Crippen molar-refractivity contribution in [3.05, 3.63) is 120 Å². The number of hydrogen-bond acceptors (Lipinski definition) is 12. The van der Waals surface area contributed by atoms with Crippen molar-refractivity contribution in [1.29, 1.82) is 0 Å². The molecule has 0 aliphatic heterocycles. The number of pyridine rings is 2.